The molecule has 0 aliphatic carbocycles. The first-order valence-corrected chi connectivity index (χ1v) is 9.18. The number of carbonyl (C=O) groups excluding carboxylic acids is 2. The molecular weight excluding hydrogens is 308 g/mol. The maximum absolute atomic E-state index is 11.7. The fraction of sp³-hybridized carbons (Fsp3) is 0.889. The van der Waals surface area contributed by atoms with Crippen LogP contribution >= 0.6 is 0 Å². The van der Waals surface area contributed by atoms with Gasteiger partial charge in [-0.15, -0.1) is 0 Å². The highest BCUT2D eigenvalue weighted by molar-refractivity contribution is 5.82. The van der Waals surface area contributed by atoms with Crippen molar-refractivity contribution in [2.75, 3.05) is 19.7 Å². The lowest BCUT2D eigenvalue weighted by Gasteiger charge is -2.27. The molecule has 142 valence electrons. The van der Waals surface area contributed by atoms with Crippen LogP contribution in [0.1, 0.15) is 72.1 Å². The molecule has 2 amide bonds. The van der Waals surface area contributed by atoms with Crippen molar-refractivity contribution >= 4 is 11.8 Å². The predicted octanol–water partition coefficient (Wildman–Crippen LogP) is 1.74. The van der Waals surface area contributed by atoms with Gasteiger partial charge in [0.25, 0.3) is 0 Å². The van der Waals surface area contributed by atoms with E-state index in [9.17, 15) is 14.7 Å². The molecule has 0 heterocycles. The Bertz CT molecular complexity index is 359. The summed E-state index contributed by atoms with van der Waals surface area (Å²) in [7, 11) is 0. The molecule has 0 radical (unpaired) electrons. The summed E-state index contributed by atoms with van der Waals surface area (Å²) in [5.74, 6) is -0.661. The molecule has 0 aromatic rings. The first kappa shape index (κ1) is 22.9. The Kier molecular flexibility index (Phi) is 12.6. The fourth-order valence-corrected chi connectivity index (χ4v) is 2.24. The topological polar surface area (TPSA) is 98.7 Å². The first-order valence-electron chi connectivity index (χ1n) is 9.18. The molecule has 0 unspecified atom stereocenters. The van der Waals surface area contributed by atoms with Crippen molar-refractivity contribution in [1.82, 2.24) is 10.6 Å². The lowest BCUT2D eigenvalue weighted by Crippen LogP contribution is -2.46. The van der Waals surface area contributed by atoms with Crippen LogP contribution in [0.5, 0.6) is 0 Å². The zero-order chi connectivity index (χ0) is 18.4. The fourth-order valence-electron chi connectivity index (χ4n) is 2.24. The summed E-state index contributed by atoms with van der Waals surface area (Å²) in [4.78, 5) is 23.4. The van der Waals surface area contributed by atoms with Crippen LogP contribution < -0.4 is 10.6 Å². The van der Waals surface area contributed by atoms with Crippen molar-refractivity contribution in [3.63, 3.8) is 0 Å². The summed E-state index contributed by atoms with van der Waals surface area (Å²) in [5, 5.41) is 24.3. The highest BCUT2D eigenvalue weighted by atomic mass is 16.3. The van der Waals surface area contributed by atoms with E-state index in [1.165, 1.54) is 32.1 Å². The second-order valence-electron chi connectivity index (χ2n) is 7.06. The summed E-state index contributed by atoms with van der Waals surface area (Å²) in [5.41, 5.74) is -0.899. The zero-order valence-corrected chi connectivity index (χ0v) is 15.6. The van der Waals surface area contributed by atoms with Crippen molar-refractivity contribution in [3.8, 4) is 0 Å². The molecule has 6 nitrogen and oxygen atoms in total. The Morgan fingerprint density at radius 2 is 1.54 bits per heavy atom. The largest absolute Gasteiger partial charge is 0.396 e. The molecule has 0 rings (SSSR count). The second-order valence-corrected chi connectivity index (χ2v) is 7.06. The molecule has 0 spiro atoms. The third kappa shape index (κ3) is 10.6. The maximum Gasteiger partial charge on any atom is 0.249 e. The molecule has 0 saturated heterocycles. The minimum atomic E-state index is -1.29. The van der Waals surface area contributed by atoms with Crippen molar-refractivity contribution in [3.05, 3.63) is 0 Å². The molecule has 24 heavy (non-hydrogen) atoms. The quantitative estimate of drug-likeness (QED) is 0.361. The van der Waals surface area contributed by atoms with Gasteiger partial charge in [0.2, 0.25) is 11.8 Å². The molecule has 6 heteroatoms. The highest BCUT2D eigenvalue weighted by Crippen LogP contribution is 2.19. The number of aliphatic hydroxyl groups excluding tert-OH is 2. The van der Waals surface area contributed by atoms with E-state index < -0.39 is 17.4 Å². The van der Waals surface area contributed by atoms with Crippen molar-refractivity contribution in [2.45, 2.75) is 78.2 Å². The van der Waals surface area contributed by atoms with Crippen LogP contribution in [0.15, 0.2) is 0 Å². The molecule has 4 N–H and O–H groups in total. The Hall–Kier alpha value is -1.14. The zero-order valence-electron chi connectivity index (χ0n) is 15.6. The summed E-state index contributed by atoms with van der Waals surface area (Å²) >= 11 is 0. The van der Waals surface area contributed by atoms with Gasteiger partial charge in [-0.25, -0.2) is 0 Å². The van der Waals surface area contributed by atoms with E-state index >= 15 is 0 Å². The van der Waals surface area contributed by atoms with Crippen LogP contribution in [0.25, 0.3) is 0 Å². The molecule has 0 saturated carbocycles. The predicted molar refractivity (Wildman–Crippen MR) is 95.5 cm³/mol. The third-order valence-corrected chi connectivity index (χ3v) is 4.15. The third-order valence-electron chi connectivity index (χ3n) is 4.15. The van der Waals surface area contributed by atoms with Gasteiger partial charge in [-0.3, -0.25) is 9.59 Å². The standard InChI is InChI=1S/C18H36N2O4/c1-4-5-6-7-8-9-10-12-19-15(22)11-13-20-17(24)16(23)18(2,3)14-21/h16,21,23H,4-14H2,1-3H3,(H,19,22)(H,20,24)/t16-/m1/s1. The minimum Gasteiger partial charge on any atom is -0.396 e. The van der Waals surface area contributed by atoms with Gasteiger partial charge in [-0.05, 0) is 6.42 Å². The van der Waals surface area contributed by atoms with E-state index in [4.69, 9.17) is 5.11 Å². The van der Waals surface area contributed by atoms with Gasteiger partial charge in [0, 0.05) is 24.9 Å². The van der Waals surface area contributed by atoms with E-state index in [-0.39, 0.29) is 25.5 Å². The van der Waals surface area contributed by atoms with E-state index in [0.717, 1.165) is 12.8 Å². The Balaban J connectivity index is 3.64. The lowest BCUT2D eigenvalue weighted by molar-refractivity contribution is -0.137. The Morgan fingerprint density at radius 3 is 2.12 bits per heavy atom. The molecule has 0 aromatic heterocycles. The summed E-state index contributed by atoms with van der Waals surface area (Å²) in [6.07, 6.45) is 7.32. The normalized spacial score (nSPS) is 12.7. The van der Waals surface area contributed by atoms with Crippen LogP contribution in [-0.4, -0.2) is 47.8 Å². The van der Waals surface area contributed by atoms with Crippen LogP contribution in [0.2, 0.25) is 0 Å². The smallest absolute Gasteiger partial charge is 0.249 e. The molecule has 1 atom stereocenters. The van der Waals surface area contributed by atoms with Crippen molar-refractivity contribution in [2.24, 2.45) is 5.41 Å². The molecular formula is C18H36N2O4. The molecule has 0 aromatic carbocycles. The van der Waals surface area contributed by atoms with Crippen molar-refractivity contribution in [1.29, 1.82) is 0 Å². The minimum absolute atomic E-state index is 0.0998. The first-order chi connectivity index (χ1) is 11.3. The number of rotatable bonds is 14. The molecule has 0 fully saturated rings. The lowest BCUT2D eigenvalue weighted by atomic mass is 9.87. The Labute approximate surface area is 146 Å². The number of hydrogen-bond acceptors (Lipinski definition) is 4. The van der Waals surface area contributed by atoms with Crippen LogP contribution in [0, 0.1) is 5.41 Å². The van der Waals surface area contributed by atoms with Crippen LogP contribution in [-0.2, 0) is 9.59 Å². The highest BCUT2D eigenvalue weighted by Gasteiger charge is 2.32. The monoisotopic (exact) mass is 344 g/mol. The number of hydrogen-bond donors (Lipinski definition) is 4. The number of amides is 2. The van der Waals surface area contributed by atoms with Gasteiger partial charge >= 0.3 is 0 Å². The Morgan fingerprint density at radius 1 is 0.958 bits per heavy atom. The van der Waals surface area contributed by atoms with E-state index in [1.54, 1.807) is 13.8 Å². The SMILES string of the molecule is CCCCCCCCCNC(=O)CCNC(=O)[C@@H](O)C(C)(C)CO. The van der Waals surface area contributed by atoms with Crippen LogP contribution in [0.4, 0.5) is 0 Å². The van der Waals surface area contributed by atoms with E-state index in [1.807, 2.05) is 0 Å². The number of carbonyl (C=O) groups is 2. The average Bonchev–Trinajstić information content (AvgIpc) is 2.56. The van der Waals surface area contributed by atoms with E-state index in [0.29, 0.717) is 6.54 Å². The molecule has 0 aliphatic heterocycles. The van der Waals surface area contributed by atoms with Crippen LogP contribution in [0.3, 0.4) is 0 Å². The van der Waals surface area contributed by atoms with Gasteiger partial charge < -0.3 is 20.8 Å². The van der Waals surface area contributed by atoms with E-state index in [2.05, 4.69) is 17.6 Å². The van der Waals surface area contributed by atoms with Gasteiger partial charge in [-0.2, -0.15) is 0 Å². The average molecular weight is 344 g/mol. The second kappa shape index (κ2) is 13.2. The van der Waals surface area contributed by atoms with Gasteiger partial charge in [0.05, 0.1) is 6.61 Å². The van der Waals surface area contributed by atoms with Gasteiger partial charge in [0.1, 0.15) is 6.10 Å². The number of aliphatic hydroxyl groups is 2. The number of unbranched alkanes of at least 4 members (excludes halogenated alkanes) is 6. The van der Waals surface area contributed by atoms with Gasteiger partial charge in [-0.1, -0.05) is 59.3 Å². The molecule has 0 aliphatic rings. The van der Waals surface area contributed by atoms with Gasteiger partial charge in [0.15, 0.2) is 0 Å². The summed E-state index contributed by atoms with van der Waals surface area (Å²) < 4.78 is 0. The maximum atomic E-state index is 11.7. The summed E-state index contributed by atoms with van der Waals surface area (Å²) in [6.45, 7) is 5.96. The number of nitrogens with one attached hydrogen (secondary N) is 2. The molecule has 0 bridgehead atoms. The summed E-state index contributed by atoms with van der Waals surface area (Å²) in [6, 6.07) is 0. The van der Waals surface area contributed by atoms with Crippen molar-refractivity contribution < 1.29 is 19.8 Å².